The van der Waals surface area contributed by atoms with E-state index in [1.54, 1.807) is 25.1 Å². The first-order chi connectivity index (χ1) is 9.06. The van der Waals surface area contributed by atoms with E-state index >= 15 is 0 Å². The van der Waals surface area contributed by atoms with Crippen LogP contribution in [0.15, 0.2) is 18.2 Å². The van der Waals surface area contributed by atoms with Crippen molar-refractivity contribution in [2.24, 2.45) is 11.8 Å². The molecular weight excluding hydrogens is 242 g/mol. The highest BCUT2D eigenvalue weighted by molar-refractivity contribution is 6.02. The number of ether oxygens (including phenoxy) is 1. The first kappa shape index (κ1) is 12.2. The van der Waals surface area contributed by atoms with Crippen LogP contribution in [0.5, 0.6) is 5.75 Å². The average Bonchev–Trinajstić information content (AvgIpc) is 3.22. The first-order valence-corrected chi connectivity index (χ1v) is 6.72. The predicted molar refractivity (Wildman–Crippen MR) is 71.4 cm³/mol. The standard InChI is InChI=1S/C15H17NO3/c1-8(10-3-4-10)14(17)11-5-6-13-12(7-11)16-15(18)9(2)19-13/h5-10H,3-4H2,1-2H3,(H,16,18). The Kier molecular flexibility index (Phi) is 2.81. The van der Waals surface area contributed by atoms with Crippen LogP contribution >= 0.6 is 0 Å². The Bertz CT molecular complexity index is 548. The van der Waals surface area contributed by atoms with Crippen molar-refractivity contribution < 1.29 is 14.3 Å². The molecule has 0 saturated heterocycles. The summed E-state index contributed by atoms with van der Waals surface area (Å²) in [5.74, 6) is 1.21. The number of ketones is 1. The van der Waals surface area contributed by atoms with Crippen molar-refractivity contribution in [3.63, 3.8) is 0 Å². The van der Waals surface area contributed by atoms with Crippen LogP contribution in [0.4, 0.5) is 5.69 Å². The fraction of sp³-hybridized carbons (Fsp3) is 0.467. The molecule has 0 spiro atoms. The summed E-state index contributed by atoms with van der Waals surface area (Å²) in [4.78, 5) is 23.9. The quantitative estimate of drug-likeness (QED) is 0.849. The van der Waals surface area contributed by atoms with Crippen molar-refractivity contribution >= 4 is 17.4 Å². The molecule has 1 aliphatic heterocycles. The van der Waals surface area contributed by atoms with Crippen LogP contribution in [0.2, 0.25) is 0 Å². The van der Waals surface area contributed by atoms with Gasteiger partial charge in [0, 0.05) is 11.5 Å². The van der Waals surface area contributed by atoms with Gasteiger partial charge in [-0.25, -0.2) is 0 Å². The second-order valence-electron chi connectivity index (χ2n) is 5.45. The molecule has 100 valence electrons. The molecule has 0 radical (unpaired) electrons. The minimum atomic E-state index is -0.487. The Hall–Kier alpha value is -1.84. The van der Waals surface area contributed by atoms with Crippen LogP contribution < -0.4 is 10.1 Å². The number of hydrogen-bond donors (Lipinski definition) is 1. The first-order valence-electron chi connectivity index (χ1n) is 6.72. The lowest BCUT2D eigenvalue weighted by atomic mass is 9.94. The third-order valence-corrected chi connectivity index (χ3v) is 3.94. The Morgan fingerprint density at radius 2 is 2.16 bits per heavy atom. The van der Waals surface area contributed by atoms with Gasteiger partial charge < -0.3 is 10.1 Å². The zero-order chi connectivity index (χ0) is 13.6. The molecule has 4 heteroatoms. The number of benzene rings is 1. The molecule has 19 heavy (non-hydrogen) atoms. The lowest BCUT2D eigenvalue weighted by Gasteiger charge is -2.23. The van der Waals surface area contributed by atoms with Gasteiger partial charge in [-0.05, 0) is 43.9 Å². The van der Waals surface area contributed by atoms with Gasteiger partial charge in [0.05, 0.1) is 5.69 Å². The van der Waals surface area contributed by atoms with Crippen molar-refractivity contribution in [3.05, 3.63) is 23.8 Å². The number of rotatable bonds is 3. The minimum Gasteiger partial charge on any atom is -0.479 e. The number of nitrogens with one attached hydrogen (secondary N) is 1. The third kappa shape index (κ3) is 2.23. The van der Waals surface area contributed by atoms with Crippen LogP contribution in [-0.4, -0.2) is 17.8 Å². The minimum absolute atomic E-state index is 0.0668. The molecule has 1 heterocycles. The van der Waals surface area contributed by atoms with E-state index in [4.69, 9.17) is 4.74 Å². The topological polar surface area (TPSA) is 55.4 Å². The number of carbonyl (C=O) groups excluding carboxylic acids is 2. The molecule has 1 saturated carbocycles. The van der Waals surface area contributed by atoms with Crippen LogP contribution in [0.3, 0.4) is 0 Å². The number of hydrogen-bond acceptors (Lipinski definition) is 3. The Balaban J connectivity index is 1.86. The highest BCUT2D eigenvalue weighted by Gasteiger charge is 2.33. The van der Waals surface area contributed by atoms with Gasteiger partial charge in [0.2, 0.25) is 0 Å². The second-order valence-corrected chi connectivity index (χ2v) is 5.45. The number of Topliss-reactive ketones (excluding diaryl/α,β-unsaturated/α-hetero) is 1. The Morgan fingerprint density at radius 1 is 1.42 bits per heavy atom. The molecule has 1 aliphatic carbocycles. The molecule has 3 rings (SSSR count). The van der Waals surface area contributed by atoms with Crippen LogP contribution in [0.25, 0.3) is 0 Å². The third-order valence-electron chi connectivity index (χ3n) is 3.94. The Morgan fingerprint density at radius 3 is 2.84 bits per heavy atom. The van der Waals surface area contributed by atoms with Crippen molar-refractivity contribution in [2.45, 2.75) is 32.8 Å². The summed E-state index contributed by atoms with van der Waals surface area (Å²) in [5, 5.41) is 2.77. The van der Waals surface area contributed by atoms with E-state index in [0.717, 1.165) is 12.8 Å². The summed E-state index contributed by atoms with van der Waals surface area (Å²) in [6.45, 7) is 3.68. The molecule has 1 amide bonds. The summed E-state index contributed by atoms with van der Waals surface area (Å²) in [6, 6.07) is 5.27. The van der Waals surface area contributed by atoms with Crippen LogP contribution in [0, 0.1) is 11.8 Å². The number of fused-ring (bicyclic) bond motifs is 1. The fourth-order valence-electron chi connectivity index (χ4n) is 2.44. The average molecular weight is 259 g/mol. The zero-order valence-corrected chi connectivity index (χ0v) is 11.1. The summed E-state index contributed by atoms with van der Waals surface area (Å²) in [5.41, 5.74) is 1.24. The smallest absolute Gasteiger partial charge is 0.265 e. The van der Waals surface area contributed by atoms with Gasteiger partial charge in [-0.2, -0.15) is 0 Å². The molecule has 1 N–H and O–H groups in total. The largest absolute Gasteiger partial charge is 0.479 e. The number of anilines is 1. The molecule has 1 aromatic carbocycles. The van der Waals surface area contributed by atoms with Gasteiger partial charge in [-0.3, -0.25) is 9.59 Å². The van der Waals surface area contributed by atoms with Gasteiger partial charge in [-0.1, -0.05) is 6.92 Å². The van der Waals surface area contributed by atoms with E-state index in [2.05, 4.69) is 5.32 Å². The SMILES string of the molecule is CC1Oc2ccc(C(=O)C(C)C3CC3)cc2NC1=O. The van der Waals surface area contributed by atoms with E-state index in [1.807, 2.05) is 6.92 Å². The fourth-order valence-corrected chi connectivity index (χ4v) is 2.44. The summed E-state index contributed by atoms with van der Waals surface area (Å²) < 4.78 is 5.48. The molecule has 1 aromatic rings. The maximum Gasteiger partial charge on any atom is 0.265 e. The maximum absolute atomic E-state index is 12.3. The maximum atomic E-state index is 12.3. The highest BCUT2D eigenvalue weighted by atomic mass is 16.5. The van der Waals surface area contributed by atoms with E-state index < -0.39 is 6.10 Å². The zero-order valence-electron chi connectivity index (χ0n) is 11.1. The molecule has 1 fully saturated rings. The number of carbonyl (C=O) groups is 2. The lowest BCUT2D eigenvalue weighted by Crippen LogP contribution is -2.34. The summed E-state index contributed by atoms with van der Waals surface area (Å²) in [6.07, 6.45) is 1.81. The molecule has 2 aliphatic rings. The molecular formula is C15H17NO3. The van der Waals surface area contributed by atoms with E-state index in [-0.39, 0.29) is 17.6 Å². The van der Waals surface area contributed by atoms with Gasteiger partial charge in [0.15, 0.2) is 11.9 Å². The normalized spacial score (nSPS) is 23.1. The predicted octanol–water partition coefficient (Wildman–Crippen LogP) is 2.63. The number of amides is 1. The van der Waals surface area contributed by atoms with Gasteiger partial charge >= 0.3 is 0 Å². The van der Waals surface area contributed by atoms with Crippen molar-refractivity contribution in [3.8, 4) is 5.75 Å². The molecule has 0 aromatic heterocycles. The van der Waals surface area contributed by atoms with Gasteiger partial charge in [0.1, 0.15) is 5.75 Å². The lowest BCUT2D eigenvalue weighted by molar-refractivity contribution is -0.122. The highest BCUT2D eigenvalue weighted by Crippen LogP contribution is 2.39. The Labute approximate surface area is 112 Å². The molecule has 2 unspecified atom stereocenters. The second kappa shape index (κ2) is 4.37. The van der Waals surface area contributed by atoms with Gasteiger partial charge in [0.25, 0.3) is 5.91 Å². The van der Waals surface area contributed by atoms with E-state index in [1.165, 1.54) is 0 Å². The molecule has 4 nitrogen and oxygen atoms in total. The van der Waals surface area contributed by atoms with Crippen molar-refractivity contribution in [1.82, 2.24) is 0 Å². The van der Waals surface area contributed by atoms with E-state index in [9.17, 15) is 9.59 Å². The molecule has 2 atom stereocenters. The van der Waals surface area contributed by atoms with Crippen molar-refractivity contribution in [1.29, 1.82) is 0 Å². The van der Waals surface area contributed by atoms with E-state index in [0.29, 0.717) is 22.9 Å². The van der Waals surface area contributed by atoms with Crippen molar-refractivity contribution in [2.75, 3.05) is 5.32 Å². The van der Waals surface area contributed by atoms with Gasteiger partial charge in [-0.15, -0.1) is 0 Å². The monoisotopic (exact) mass is 259 g/mol. The van der Waals surface area contributed by atoms with Crippen LogP contribution in [-0.2, 0) is 4.79 Å². The molecule has 0 bridgehead atoms. The van der Waals surface area contributed by atoms with Crippen LogP contribution in [0.1, 0.15) is 37.0 Å². The summed E-state index contributed by atoms with van der Waals surface area (Å²) in [7, 11) is 0. The summed E-state index contributed by atoms with van der Waals surface area (Å²) >= 11 is 0.